The Balaban J connectivity index is 1.70. The summed E-state index contributed by atoms with van der Waals surface area (Å²) in [7, 11) is 1.67. The topological polar surface area (TPSA) is 49.1 Å². The van der Waals surface area contributed by atoms with Crippen molar-refractivity contribution in [2.75, 3.05) is 18.6 Å². The molecule has 0 bridgehead atoms. The molecular weight excluding hydrogens is 414 g/mol. The van der Waals surface area contributed by atoms with Crippen LogP contribution in [0.3, 0.4) is 0 Å². The highest BCUT2D eigenvalue weighted by atomic mass is 79.9. The molecule has 0 N–H and O–H groups in total. The second-order valence-corrected chi connectivity index (χ2v) is 8.40. The van der Waals surface area contributed by atoms with Crippen LogP contribution in [0.5, 0.6) is 5.75 Å². The molecule has 2 atom stereocenters. The maximum Gasteiger partial charge on any atom is 0.134 e. The molecule has 2 heterocycles. The molecule has 2 aromatic rings. The van der Waals surface area contributed by atoms with Gasteiger partial charge in [0.15, 0.2) is 0 Å². The van der Waals surface area contributed by atoms with Crippen molar-refractivity contribution in [3.63, 3.8) is 0 Å². The molecule has 1 aliphatic heterocycles. The highest BCUT2D eigenvalue weighted by molar-refractivity contribution is 9.10. The summed E-state index contributed by atoms with van der Waals surface area (Å²) < 4.78 is 6.07. The van der Waals surface area contributed by atoms with Gasteiger partial charge in [0, 0.05) is 36.2 Å². The molecule has 1 aromatic carbocycles. The van der Waals surface area contributed by atoms with Gasteiger partial charge in [-0.15, -0.1) is 0 Å². The molecular formula is C20H19BrClN3O. The Morgan fingerprint density at radius 3 is 2.85 bits per heavy atom. The lowest BCUT2D eigenvalue weighted by atomic mass is 9.80. The summed E-state index contributed by atoms with van der Waals surface area (Å²) in [4.78, 5) is 6.99. The van der Waals surface area contributed by atoms with Crippen molar-refractivity contribution in [2.45, 2.75) is 31.2 Å². The standard InChI is InChI=1S/C20H19BrClN3O/c1-26-15-4-2-13(3-5-15)11-25-12-20(7-6-14(8-20)9-23)17-18(22)16(21)10-24-19(17)25/h2-5,10,14H,6-8,11-12H2,1H3/t14-,20-/m0/s1. The van der Waals surface area contributed by atoms with Gasteiger partial charge in [-0.05, 0) is 52.9 Å². The minimum absolute atomic E-state index is 0.0733. The molecule has 1 aromatic heterocycles. The van der Waals surface area contributed by atoms with E-state index in [1.807, 2.05) is 12.1 Å². The predicted molar refractivity (Wildman–Crippen MR) is 106 cm³/mol. The van der Waals surface area contributed by atoms with E-state index in [0.29, 0.717) is 0 Å². The largest absolute Gasteiger partial charge is 0.497 e. The number of pyridine rings is 1. The first kappa shape index (κ1) is 17.6. The average Bonchev–Trinajstić information content (AvgIpc) is 3.21. The van der Waals surface area contributed by atoms with E-state index in [-0.39, 0.29) is 11.3 Å². The van der Waals surface area contributed by atoms with Crippen LogP contribution in [0.4, 0.5) is 5.82 Å². The lowest BCUT2D eigenvalue weighted by Gasteiger charge is -2.26. The van der Waals surface area contributed by atoms with Crippen LogP contribution in [-0.4, -0.2) is 18.6 Å². The van der Waals surface area contributed by atoms with Crippen molar-refractivity contribution in [3.8, 4) is 11.8 Å². The van der Waals surface area contributed by atoms with E-state index in [1.54, 1.807) is 13.3 Å². The Labute approximate surface area is 166 Å². The van der Waals surface area contributed by atoms with E-state index in [0.717, 1.165) is 59.0 Å². The van der Waals surface area contributed by atoms with Gasteiger partial charge in [-0.25, -0.2) is 4.98 Å². The van der Waals surface area contributed by atoms with Crippen LogP contribution in [0, 0.1) is 17.2 Å². The molecule has 2 aliphatic rings. The van der Waals surface area contributed by atoms with Crippen LogP contribution in [0.2, 0.25) is 5.02 Å². The number of ether oxygens (including phenoxy) is 1. The van der Waals surface area contributed by atoms with E-state index in [2.05, 4.69) is 44.0 Å². The third-order valence-corrected chi connectivity index (χ3v) is 6.82. The normalized spacial score (nSPS) is 23.9. The lowest BCUT2D eigenvalue weighted by Crippen LogP contribution is -2.31. The molecule has 26 heavy (non-hydrogen) atoms. The van der Waals surface area contributed by atoms with E-state index < -0.39 is 0 Å². The quantitative estimate of drug-likeness (QED) is 0.678. The Bertz CT molecular complexity index is 880. The molecule has 1 saturated carbocycles. The van der Waals surface area contributed by atoms with Gasteiger partial charge in [-0.2, -0.15) is 5.26 Å². The summed E-state index contributed by atoms with van der Waals surface area (Å²) in [5.41, 5.74) is 2.24. The van der Waals surface area contributed by atoms with Crippen LogP contribution in [0.1, 0.15) is 30.4 Å². The molecule has 0 unspecified atom stereocenters. The van der Waals surface area contributed by atoms with Crippen molar-refractivity contribution in [2.24, 2.45) is 5.92 Å². The highest BCUT2D eigenvalue weighted by Gasteiger charge is 2.50. The lowest BCUT2D eigenvalue weighted by molar-refractivity contribution is 0.414. The smallest absolute Gasteiger partial charge is 0.134 e. The average molecular weight is 433 g/mol. The van der Waals surface area contributed by atoms with Gasteiger partial charge < -0.3 is 9.64 Å². The molecule has 6 heteroatoms. The molecule has 0 radical (unpaired) electrons. The van der Waals surface area contributed by atoms with E-state index in [9.17, 15) is 5.26 Å². The van der Waals surface area contributed by atoms with Crippen molar-refractivity contribution in [3.05, 3.63) is 51.1 Å². The van der Waals surface area contributed by atoms with E-state index in [1.165, 1.54) is 5.56 Å². The molecule has 0 amide bonds. The molecule has 134 valence electrons. The maximum absolute atomic E-state index is 9.40. The van der Waals surface area contributed by atoms with Gasteiger partial charge in [0.1, 0.15) is 11.6 Å². The second kappa shape index (κ2) is 6.75. The number of methoxy groups -OCH3 is 1. The minimum Gasteiger partial charge on any atom is -0.497 e. The number of benzene rings is 1. The van der Waals surface area contributed by atoms with Crippen molar-refractivity contribution in [1.82, 2.24) is 4.98 Å². The number of nitrogens with zero attached hydrogens (tertiary/aromatic N) is 3. The maximum atomic E-state index is 9.40. The Morgan fingerprint density at radius 1 is 1.42 bits per heavy atom. The first-order valence-electron chi connectivity index (χ1n) is 8.68. The molecule has 4 rings (SSSR count). The number of nitriles is 1. The van der Waals surface area contributed by atoms with Crippen LogP contribution < -0.4 is 9.64 Å². The van der Waals surface area contributed by atoms with Gasteiger partial charge in [0.05, 0.1) is 22.7 Å². The Morgan fingerprint density at radius 2 is 2.19 bits per heavy atom. The molecule has 1 aliphatic carbocycles. The molecule has 1 spiro atoms. The van der Waals surface area contributed by atoms with Crippen molar-refractivity contribution < 1.29 is 4.74 Å². The van der Waals surface area contributed by atoms with Crippen LogP contribution >= 0.6 is 27.5 Å². The number of hydrogen-bond donors (Lipinski definition) is 0. The monoisotopic (exact) mass is 431 g/mol. The molecule has 4 nitrogen and oxygen atoms in total. The van der Waals surface area contributed by atoms with Crippen LogP contribution in [0.15, 0.2) is 34.9 Å². The van der Waals surface area contributed by atoms with Gasteiger partial charge in [-0.3, -0.25) is 0 Å². The summed E-state index contributed by atoms with van der Waals surface area (Å²) in [6.07, 6.45) is 4.54. The summed E-state index contributed by atoms with van der Waals surface area (Å²) >= 11 is 10.2. The summed E-state index contributed by atoms with van der Waals surface area (Å²) in [5, 5.41) is 10.1. The van der Waals surface area contributed by atoms with Crippen molar-refractivity contribution in [1.29, 1.82) is 5.26 Å². The van der Waals surface area contributed by atoms with Gasteiger partial charge >= 0.3 is 0 Å². The Kier molecular flexibility index (Phi) is 4.58. The second-order valence-electron chi connectivity index (χ2n) is 7.17. The number of aromatic nitrogens is 1. The zero-order valence-corrected chi connectivity index (χ0v) is 16.8. The fraction of sp³-hybridized carbons (Fsp3) is 0.400. The summed E-state index contributed by atoms with van der Waals surface area (Å²) in [6, 6.07) is 10.6. The minimum atomic E-state index is -0.0733. The third kappa shape index (κ3) is 2.86. The first-order chi connectivity index (χ1) is 12.6. The van der Waals surface area contributed by atoms with Crippen molar-refractivity contribution >= 4 is 33.3 Å². The van der Waals surface area contributed by atoms with Crippen LogP contribution in [-0.2, 0) is 12.0 Å². The number of fused-ring (bicyclic) bond motifs is 2. The predicted octanol–water partition coefficient (Wildman–Crippen LogP) is 5.09. The number of anilines is 1. The number of hydrogen-bond acceptors (Lipinski definition) is 4. The highest BCUT2D eigenvalue weighted by Crippen LogP contribution is 2.55. The number of halogens is 2. The Hall–Kier alpha value is -1.77. The molecule has 0 saturated heterocycles. The first-order valence-corrected chi connectivity index (χ1v) is 9.85. The van der Waals surface area contributed by atoms with E-state index >= 15 is 0 Å². The zero-order chi connectivity index (χ0) is 18.3. The fourth-order valence-electron chi connectivity index (χ4n) is 4.37. The number of rotatable bonds is 3. The third-order valence-electron chi connectivity index (χ3n) is 5.60. The van der Waals surface area contributed by atoms with Gasteiger partial charge in [-0.1, -0.05) is 23.7 Å². The summed E-state index contributed by atoms with van der Waals surface area (Å²) in [5.74, 6) is 1.90. The SMILES string of the molecule is COc1ccc(CN2C[C@@]3(CC[C@H](C#N)C3)c3c2ncc(Br)c3Cl)cc1. The van der Waals surface area contributed by atoms with E-state index in [4.69, 9.17) is 16.3 Å². The molecule has 1 fully saturated rings. The summed E-state index contributed by atoms with van der Waals surface area (Å²) in [6.45, 7) is 1.62. The van der Waals surface area contributed by atoms with Gasteiger partial charge in [0.2, 0.25) is 0 Å². The van der Waals surface area contributed by atoms with Gasteiger partial charge in [0.25, 0.3) is 0 Å². The van der Waals surface area contributed by atoms with Crippen LogP contribution in [0.25, 0.3) is 0 Å². The fourth-order valence-corrected chi connectivity index (χ4v) is 5.01. The zero-order valence-electron chi connectivity index (χ0n) is 14.5.